The van der Waals surface area contributed by atoms with Crippen LogP contribution in [0.2, 0.25) is 0 Å². The number of aliphatic carboxylic acids is 1. The fourth-order valence-corrected chi connectivity index (χ4v) is 1.82. The summed E-state index contributed by atoms with van der Waals surface area (Å²) in [5.74, 6) is -0.811. The molecule has 1 heterocycles. The van der Waals surface area contributed by atoms with Gasteiger partial charge in [0.05, 0.1) is 11.6 Å². The third kappa shape index (κ3) is 2.74. The first-order valence-electron chi connectivity index (χ1n) is 5.85. The highest BCUT2D eigenvalue weighted by Crippen LogP contribution is 2.06. The van der Waals surface area contributed by atoms with Gasteiger partial charge >= 0.3 is 5.97 Å². The summed E-state index contributed by atoms with van der Waals surface area (Å²) in [5.41, 5.74) is -0.122. The van der Waals surface area contributed by atoms with E-state index in [4.69, 9.17) is 5.11 Å². The molecule has 0 atom stereocenters. The summed E-state index contributed by atoms with van der Waals surface area (Å²) in [6, 6.07) is 7.30. The van der Waals surface area contributed by atoms with Gasteiger partial charge in [-0.1, -0.05) is 18.2 Å². The summed E-state index contributed by atoms with van der Waals surface area (Å²) in [4.78, 5) is 22.4. The zero-order valence-electron chi connectivity index (χ0n) is 9.87. The molecule has 2 aromatic rings. The van der Waals surface area contributed by atoms with Crippen LogP contribution >= 0.6 is 0 Å². The van der Waals surface area contributed by atoms with Crippen molar-refractivity contribution in [2.24, 2.45) is 0 Å². The molecule has 18 heavy (non-hydrogen) atoms. The van der Waals surface area contributed by atoms with Crippen LogP contribution in [-0.4, -0.2) is 20.9 Å². The maximum absolute atomic E-state index is 12.0. The Morgan fingerprint density at radius 3 is 2.83 bits per heavy atom. The van der Waals surface area contributed by atoms with Gasteiger partial charge in [-0.05, 0) is 18.9 Å². The number of carboxylic acid groups (broad SMARTS) is 1. The molecule has 2 rings (SSSR count). The van der Waals surface area contributed by atoms with E-state index >= 15 is 0 Å². The second kappa shape index (κ2) is 5.44. The topological polar surface area (TPSA) is 72.2 Å². The van der Waals surface area contributed by atoms with Crippen LogP contribution in [-0.2, 0) is 11.3 Å². The van der Waals surface area contributed by atoms with Crippen LogP contribution in [0.1, 0.15) is 19.3 Å². The van der Waals surface area contributed by atoms with Crippen molar-refractivity contribution in [3.63, 3.8) is 0 Å². The van der Waals surface area contributed by atoms with Crippen molar-refractivity contribution in [3.8, 4) is 0 Å². The highest BCUT2D eigenvalue weighted by Gasteiger charge is 2.03. The number of aryl methyl sites for hydroxylation is 1. The quantitative estimate of drug-likeness (QED) is 0.814. The number of carboxylic acids is 1. The molecule has 0 bridgehead atoms. The summed E-state index contributed by atoms with van der Waals surface area (Å²) in [6.07, 6.45) is 2.98. The van der Waals surface area contributed by atoms with Gasteiger partial charge in [-0.2, -0.15) is 5.10 Å². The van der Waals surface area contributed by atoms with E-state index in [1.807, 2.05) is 18.2 Å². The highest BCUT2D eigenvalue weighted by molar-refractivity contribution is 5.80. The summed E-state index contributed by atoms with van der Waals surface area (Å²) in [7, 11) is 0. The number of rotatable bonds is 5. The van der Waals surface area contributed by atoms with Crippen LogP contribution < -0.4 is 5.56 Å². The lowest BCUT2D eigenvalue weighted by molar-refractivity contribution is -0.137. The molecule has 0 aliphatic rings. The number of nitrogens with zero attached hydrogens (tertiary/aromatic N) is 2. The van der Waals surface area contributed by atoms with E-state index in [0.717, 1.165) is 5.39 Å². The summed E-state index contributed by atoms with van der Waals surface area (Å²) < 4.78 is 1.39. The predicted octanol–water partition coefficient (Wildman–Crippen LogP) is 1.65. The van der Waals surface area contributed by atoms with E-state index in [0.29, 0.717) is 24.8 Å². The van der Waals surface area contributed by atoms with Gasteiger partial charge in [0.25, 0.3) is 5.56 Å². The summed E-state index contributed by atoms with van der Waals surface area (Å²) in [6.45, 7) is 0.455. The average Bonchev–Trinajstić information content (AvgIpc) is 2.37. The molecular formula is C13H14N2O3. The molecule has 0 fully saturated rings. The minimum absolute atomic E-state index is 0.122. The monoisotopic (exact) mass is 246 g/mol. The van der Waals surface area contributed by atoms with Gasteiger partial charge in [-0.25, -0.2) is 4.68 Å². The number of hydrogen-bond donors (Lipinski definition) is 1. The Morgan fingerprint density at radius 2 is 2.06 bits per heavy atom. The van der Waals surface area contributed by atoms with Gasteiger partial charge in [-0.15, -0.1) is 0 Å². The van der Waals surface area contributed by atoms with E-state index in [9.17, 15) is 9.59 Å². The van der Waals surface area contributed by atoms with Gasteiger partial charge in [-0.3, -0.25) is 9.59 Å². The van der Waals surface area contributed by atoms with E-state index in [-0.39, 0.29) is 12.0 Å². The molecule has 0 aliphatic heterocycles. The van der Waals surface area contributed by atoms with E-state index in [1.54, 1.807) is 12.3 Å². The van der Waals surface area contributed by atoms with E-state index in [2.05, 4.69) is 5.10 Å². The van der Waals surface area contributed by atoms with Crippen LogP contribution in [0, 0.1) is 0 Å². The third-order valence-electron chi connectivity index (χ3n) is 2.77. The Hall–Kier alpha value is -2.17. The van der Waals surface area contributed by atoms with Gasteiger partial charge in [0.2, 0.25) is 0 Å². The van der Waals surface area contributed by atoms with Gasteiger partial charge < -0.3 is 5.11 Å². The Labute approximate surface area is 104 Å². The lowest BCUT2D eigenvalue weighted by atomic mass is 10.2. The molecule has 0 radical (unpaired) electrons. The van der Waals surface area contributed by atoms with Crippen molar-refractivity contribution in [2.75, 3.05) is 0 Å². The first kappa shape index (κ1) is 12.3. The molecule has 1 aromatic carbocycles. The van der Waals surface area contributed by atoms with Crippen molar-refractivity contribution < 1.29 is 9.90 Å². The van der Waals surface area contributed by atoms with Gasteiger partial charge in [0.15, 0.2) is 0 Å². The Kier molecular flexibility index (Phi) is 3.72. The maximum atomic E-state index is 12.0. The average molecular weight is 246 g/mol. The fourth-order valence-electron chi connectivity index (χ4n) is 1.82. The van der Waals surface area contributed by atoms with Gasteiger partial charge in [0.1, 0.15) is 0 Å². The number of fused-ring (bicyclic) bond motifs is 1. The fraction of sp³-hybridized carbons (Fsp3) is 0.308. The first-order chi connectivity index (χ1) is 8.68. The number of hydrogen-bond acceptors (Lipinski definition) is 3. The molecule has 1 aromatic heterocycles. The van der Waals surface area contributed by atoms with Crippen LogP contribution in [0.3, 0.4) is 0 Å². The molecule has 94 valence electrons. The third-order valence-corrected chi connectivity index (χ3v) is 2.77. The van der Waals surface area contributed by atoms with Crippen molar-refractivity contribution in [2.45, 2.75) is 25.8 Å². The molecule has 0 spiro atoms. The normalized spacial score (nSPS) is 10.7. The first-order valence-corrected chi connectivity index (χ1v) is 5.85. The van der Waals surface area contributed by atoms with Crippen LogP contribution in [0.15, 0.2) is 35.3 Å². The summed E-state index contributed by atoms with van der Waals surface area (Å²) in [5, 5.41) is 14.1. The predicted molar refractivity (Wildman–Crippen MR) is 67.5 cm³/mol. The zero-order chi connectivity index (χ0) is 13.0. The molecule has 5 nitrogen and oxygen atoms in total. The Bertz CT molecular complexity index is 619. The van der Waals surface area contributed by atoms with Crippen molar-refractivity contribution in [1.82, 2.24) is 9.78 Å². The highest BCUT2D eigenvalue weighted by atomic mass is 16.4. The molecule has 0 saturated heterocycles. The molecule has 1 N–H and O–H groups in total. The molecule has 0 unspecified atom stereocenters. The molecule has 5 heteroatoms. The number of carbonyl (C=O) groups is 1. The number of aromatic nitrogens is 2. The second-order valence-electron chi connectivity index (χ2n) is 4.11. The number of benzene rings is 1. The summed E-state index contributed by atoms with van der Waals surface area (Å²) >= 11 is 0. The van der Waals surface area contributed by atoms with Gasteiger partial charge in [0, 0.05) is 18.4 Å². The SMILES string of the molecule is O=C(O)CCCCn1ncc2ccccc2c1=O. The van der Waals surface area contributed by atoms with Crippen molar-refractivity contribution in [1.29, 1.82) is 0 Å². The molecule has 0 amide bonds. The van der Waals surface area contributed by atoms with E-state index in [1.165, 1.54) is 4.68 Å². The van der Waals surface area contributed by atoms with Crippen molar-refractivity contribution >= 4 is 16.7 Å². The largest absolute Gasteiger partial charge is 0.481 e. The minimum atomic E-state index is -0.811. The Balaban J connectivity index is 2.12. The smallest absolute Gasteiger partial charge is 0.303 e. The standard InChI is InChI=1S/C13H14N2O3/c16-12(17)7-3-4-8-15-13(18)11-6-2-1-5-10(11)9-14-15/h1-2,5-6,9H,3-4,7-8H2,(H,16,17). The molecule has 0 aliphatic carbocycles. The van der Waals surface area contributed by atoms with Crippen molar-refractivity contribution in [3.05, 3.63) is 40.8 Å². The minimum Gasteiger partial charge on any atom is -0.481 e. The number of unbranched alkanes of at least 4 members (excludes halogenated alkanes) is 1. The lowest BCUT2D eigenvalue weighted by Crippen LogP contribution is -2.22. The van der Waals surface area contributed by atoms with E-state index < -0.39 is 5.97 Å². The lowest BCUT2D eigenvalue weighted by Gasteiger charge is -2.05. The van der Waals surface area contributed by atoms with Crippen LogP contribution in [0.5, 0.6) is 0 Å². The maximum Gasteiger partial charge on any atom is 0.303 e. The zero-order valence-corrected chi connectivity index (χ0v) is 9.87. The van der Waals surface area contributed by atoms with Crippen LogP contribution in [0.4, 0.5) is 0 Å². The van der Waals surface area contributed by atoms with Crippen LogP contribution in [0.25, 0.3) is 10.8 Å². The Morgan fingerprint density at radius 1 is 1.28 bits per heavy atom. The molecular weight excluding hydrogens is 232 g/mol. The second-order valence-corrected chi connectivity index (χ2v) is 4.11. The molecule has 0 saturated carbocycles.